The van der Waals surface area contributed by atoms with Crippen LogP contribution in [-0.2, 0) is 19.4 Å². The second-order valence-electron chi connectivity index (χ2n) is 3.47. The minimum atomic E-state index is 0.174. The fraction of sp³-hybridized carbons (Fsp3) is 0.455. The molecule has 0 aliphatic heterocycles. The summed E-state index contributed by atoms with van der Waals surface area (Å²) in [4.78, 5) is 0. The molecule has 0 atom stereocenters. The van der Waals surface area contributed by atoms with Gasteiger partial charge in [-0.3, -0.25) is 0 Å². The lowest BCUT2D eigenvalue weighted by molar-refractivity contribution is 0.281. The van der Waals surface area contributed by atoms with Gasteiger partial charge in [-0.2, -0.15) is 0 Å². The smallest absolute Gasteiger partial charge is 0.0681 e. The predicted octanol–water partition coefficient (Wildman–Crippen LogP) is 2.06. The van der Waals surface area contributed by atoms with Gasteiger partial charge in [-0.1, -0.05) is 18.2 Å². The molecule has 0 radical (unpaired) electrons. The number of rotatable bonds is 1. The first-order valence-corrected chi connectivity index (χ1v) is 4.61. The van der Waals surface area contributed by atoms with E-state index in [2.05, 4.69) is 12.1 Å². The first kappa shape index (κ1) is 7.81. The predicted molar refractivity (Wildman–Crippen MR) is 49.0 cm³/mol. The number of aliphatic hydroxyl groups excluding tert-OH is 1. The zero-order chi connectivity index (χ0) is 8.39. The van der Waals surface area contributed by atoms with E-state index < -0.39 is 0 Å². The summed E-state index contributed by atoms with van der Waals surface area (Å²) in [6.45, 7) is 0.174. The molecule has 0 saturated carbocycles. The second kappa shape index (κ2) is 3.28. The number of aliphatic hydroxyl groups is 1. The Hall–Kier alpha value is -0.820. The molecule has 0 unspecified atom stereocenters. The molecule has 1 heteroatoms. The topological polar surface area (TPSA) is 20.2 Å². The first-order chi connectivity index (χ1) is 5.90. The van der Waals surface area contributed by atoms with Crippen molar-refractivity contribution in [1.82, 2.24) is 0 Å². The van der Waals surface area contributed by atoms with Gasteiger partial charge in [0.05, 0.1) is 6.61 Å². The van der Waals surface area contributed by atoms with Crippen LogP contribution < -0.4 is 0 Å². The van der Waals surface area contributed by atoms with Crippen molar-refractivity contribution >= 4 is 0 Å². The van der Waals surface area contributed by atoms with Gasteiger partial charge in [0.15, 0.2) is 0 Å². The summed E-state index contributed by atoms with van der Waals surface area (Å²) in [6, 6.07) is 6.35. The van der Waals surface area contributed by atoms with Crippen LogP contribution in [0, 0.1) is 0 Å². The SMILES string of the molecule is OCc1ccc2c(c1)CCCC2. The quantitative estimate of drug-likeness (QED) is 0.670. The van der Waals surface area contributed by atoms with E-state index in [1.54, 1.807) is 0 Å². The Morgan fingerprint density at radius 1 is 1.08 bits per heavy atom. The molecule has 1 N–H and O–H groups in total. The summed E-state index contributed by atoms with van der Waals surface area (Å²) in [6.07, 6.45) is 5.05. The van der Waals surface area contributed by atoms with Crippen molar-refractivity contribution in [2.45, 2.75) is 32.3 Å². The molecule has 12 heavy (non-hydrogen) atoms. The van der Waals surface area contributed by atoms with E-state index in [1.807, 2.05) is 6.07 Å². The molecular weight excluding hydrogens is 148 g/mol. The summed E-state index contributed by atoms with van der Waals surface area (Å²) in [7, 11) is 0. The maximum atomic E-state index is 8.94. The van der Waals surface area contributed by atoms with Crippen LogP contribution in [0.1, 0.15) is 29.5 Å². The van der Waals surface area contributed by atoms with E-state index in [0.717, 1.165) is 5.56 Å². The lowest BCUT2D eigenvalue weighted by Gasteiger charge is -2.15. The van der Waals surface area contributed by atoms with Gasteiger partial charge in [0, 0.05) is 0 Å². The number of benzene rings is 1. The Bertz CT molecular complexity index is 278. The van der Waals surface area contributed by atoms with Crippen LogP contribution in [0.2, 0.25) is 0 Å². The first-order valence-electron chi connectivity index (χ1n) is 4.61. The lowest BCUT2D eigenvalue weighted by Crippen LogP contribution is -2.02. The maximum Gasteiger partial charge on any atom is 0.0681 e. The molecule has 1 aliphatic carbocycles. The Kier molecular flexibility index (Phi) is 2.13. The highest BCUT2D eigenvalue weighted by Gasteiger charge is 2.08. The zero-order valence-electron chi connectivity index (χ0n) is 7.21. The Morgan fingerprint density at radius 2 is 1.83 bits per heavy atom. The van der Waals surface area contributed by atoms with Crippen molar-refractivity contribution in [3.8, 4) is 0 Å². The standard InChI is InChI=1S/C11H14O/c12-8-9-5-6-10-3-1-2-4-11(10)7-9/h5-7,12H,1-4,8H2. The second-order valence-corrected chi connectivity index (χ2v) is 3.47. The van der Waals surface area contributed by atoms with Crippen molar-refractivity contribution in [2.75, 3.05) is 0 Å². The summed E-state index contributed by atoms with van der Waals surface area (Å²) >= 11 is 0. The van der Waals surface area contributed by atoms with E-state index >= 15 is 0 Å². The van der Waals surface area contributed by atoms with Gasteiger partial charge in [0.25, 0.3) is 0 Å². The van der Waals surface area contributed by atoms with Crippen molar-refractivity contribution in [1.29, 1.82) is 0 Å². The number of aryl methyl sites for hydroxylation is 2. The van der Waals surface area contributed by atoms with Gasteiger partial charge in [-0.15, -0.1) is 0 Å². The molecule has 1 aromatic rings. The highest BCUT2D eigenvalue weighted by Crippen LogP contribution is 2.21. The minimum Gasteiger partial charge on any atom is -0.392 e. The molecular formula is C11H14O. The number of hydrogen-bond acceptors (Lipinski definition) is 1. The average molecular weight is 162 g/mol. The van der Waals surface area contributed by atoms with E-state index in [-0.39, 0.29) is 6.61 Å². The van der Waals surface area contributed by atoms with Crippen LogP contribution in [-0.4, -0.2) is 5.11 Å². The van der Waals surface area contributed by atoms with Crippen molar-refractivity contribution in [3.63, 3.8) is 0 Å². The molecule has 0 amide bonds. The zero-order valence-corrected chi connectivity index (χ0v) is 7.21. The highest BCUT2D eigenvalue weighted by molar-refractivity contribution is 5.33. The third kappa shape index (κ3) is 1.37. The largest absolute Gasteiger partial charge is 0.392 e. The maximum absolute atomic E-state index is 8.94. The summed E-state index contributed by atoms with van der Waals surface area (Å²) in [5.74, 6) is 0. The van der Waals surface area contributed by atoms with Gasteiger partial charge in [0.2, 0.25) is 0 Å². The van der Waals surface area contributed by atoms with Gasteiger partial charge >= 0.3 is 0 Å². The lowest BCUT2D eigenvalue weighted by atomic mass is 9.90. The van der Waals surface area contributed by atoms with Gasteiger partial charge < -0.3 is 5.11 Å². The van der Waals surface area contributed by atoms with Crippen LogP contribution >= 0.6 is 0 Å². The molecule has 0 aromatic heterocycles. The third-order valence-corrected chi connectivity index (χ3v) is 2.60. The van der Waals surface area contributed by atoms with E-state index in [1.165, 1.54) is 36.8 Å². The Balaban J connectivity index is 2.36. The van der Waals surface area contributed by atoms with Gasteiger partial charge in [0.1, 0.15) is 0 Å². The molecule has 0 fully saturated rings. The summed E-state index contributed by atoms with van der Waals surface area (Å²) in [5, 5.41) is 8.94. The highest BCUT2D eigenvalue weighted by atomic mass is 16.3. The molecule has 0 bridgehead atoms. The Morgan fingerprint density at radius 3 is 2.58 bits per heavy atom. The third-order valence-electron chi connectivity index (χ3n) is 2.60. The molecule has 64 valence electrons. The van der Waals surface area contributed by atoms with E-state index in [4.69, 9.17) is 5.11 Å². The van der Waals surface area contributed by atoms with E-state index in [0.29, 0.717) is 0 Å². The molecule has 2 rings (SSSR count). The van der Waals surface area contributed by atoms with Crippen LogP contribution in [0.3, 0.4) is 0 Å². The number of fused-ring (bicyclic) bond motifs is 1. The minimum absolute atomic E-state index is 0.174. The van der Waals surface area contributed by atoms with Crippen LogP contribution in [0.5, 0.6) is 0 Å². The number of hydrogen-bond donors (Lipinski definition) is 1. The summed E-state index contributed by atoms with van der Waals surface area (Å²) < 4.78 is 0. The monoisotopic (exact) mass is 162 g/mol. The Labute approximate surface area is 73.0 Å². The fourth-order valence-corrected chi connectivity index (χ4v) is 1.89. The molecule has 1 aromatic carbocycles. The molecule has 0 saturated heterocycles. The van der Waals surface area contributed by atoms with Crippen LogP contribution in [0.15, 0.2) is 18.2 Å². The molecule has 1 aliphatic rings. The fourth-order valence-electron chi connectivity index (χ4n) is 1.89. The van der Waals surface area contributed by atoms with Crippen molar-refractivity contribution < 1.29 is 5.11 Å². The van der Waals surface area contributed by atoms with E-state index in [9.17, 15) is 0 Å². The van der Waals surface area contributed by atoms with Crippen LogP contribution in [0.4, 0.5) is 0 Å². The van der Waals surface area contributed by atoms with Crippen molar-refractivity contribution in [3.05, 3.63) is 34.9 Å². The molecule has 0 heterocycles. The summed E-state index contributed by atoms with van der Waals surface area (Å²) in [5.41, 5.74) is 3.99. The molecule has 0 spiro atoms. The van der Waals surface area contributed by atoms with Gasteiger partial charge in [-0.25, -0.2) is 0 Å². The molecule has 1 nitrogen and oxygen atoms in total. The normalized spacial score (nSPS) is 15.8. The van der Waals surface area contributed by atoms with Crippen LogP contribution in [0.25, 0.3) is 0 Å². The average Bonchev–Trinajstić information content (AvgIpc) is 2.17. The van der Waals surface area contributed by atoms with Gasteiger partial charge in [-0.05, 0) is 42.4 Å². The van der Waals surface area contributed by atoms with Crippen molar-refractivity contribution in [2.24, 2.45) is 0 Å².